The summed E-state index contributed by atoms with van der Waals surface area (Å²) >= 11 is 0. The zero-order chi connectivity index (χ0) is 11.0. The lowest BCUT2D eigenvalue weighted by Crippen LogP contribution is -2.35. The molecular formula is C9H19NO3S. The van der Waals surface area contributed by atoms with Crippen molar-refractivity contribution in [2.75, 3.05) is 12.3 Å². The highest BCUT2D eigenvalue weighted by Crippen LogP contribution is 2.45. The first-order chi connectivity index (χ1) is 6.28. The third-order valence-electron chi connectivity index (χ3n) is 3.40. The van der Waals surface area contributed by atoms with Gasteiger partial charge in [0.15, 0.2) is 0 Å². The quantitative estimate of drug-likeness (QED) is 0.693. The third kappa shape index (κ3) is 2.68. The van der Waals surface area contributed by atoms with E-state index in [1.807, 2.05) is 0 Å². The standard InChI is InChI=1S/C9H19NO3S/c1-7-3-9(5-10,4-8(7)2)6-14(11,12)13/h7-8H,3-6,10H2,1-2H3,(H,11,12,13)/t7-,8+,9+. The molecule has 0 heterocycles. The summed E-state index contributed by atoms with van der Waals surface area (Å²) in [6.07, 6.45) is 1.59. The molecular weight excluding hydrogens is 202 g/mol. The van der Waals surface area contributed by atoms with Gasteiger partial charge in [-0.25, -0.2) is 0 Å². The number of hydrogen-bond donors (Lipinski definition) is 2. The Kier molecular flexibility index (Phi) is 3.23. The van der Waals surface area contributed by atoms with Crippen molar-refractivity contribution in [3.8, 4) is 0 Å². The van der Waals surface area contributed by atoms with E-state index in [1.165, 1.54) is 0 Å². The first-order valence-electron chi connectivity index (χ1n) is 4.93. The van der Waals surface area contributed by atoms with Gasteiger partial charge in [0.25, 0.3) is 10.1 Å². The van der Waals surface area contributed by atoms with Crippen molar-refractivity contribution < 1.29 is 13.0 Å². The van der Waals surface area contributed by atoms with E-state index in [9.17, 15) is 8.42 Å². The summed E-state index contributed by atoms with van der Waals surface area (Å²) < 4.78 is 30.6. The van der Waals surface area contributed by atoms with Gasteiger partial charge >= 0.3 is 0 Å². The molecule has 1 rings (SSSR count). The van der Waals surface area contributed by atoms with E-state index in [-0.39, 0.29) is 5.75 Å². The van der Waals surface area contributed by atoms with Crippen molar-refractivity contribution in [2.24, 2.45) is 23.0 Å². The molecule has 1 aliphatic rings. The van der Waals surface area contributed by atoms with Crippen LogP contribution in [0.4, 0.5) is 0 Å². The zero-order valence-electron chi connectivity index (χ0n) is 8.73. The fourth-order valence-electron chi connectivity index (χ4n) is 2.58. The molecule has 1 saturated carbocycles. The smallest absolute Gasteiger partial charge is 0.265 e. The molecule has 0 aromatic carbocycles. The maximum absolute atomic E-state index is 10.9. The normalized spacial score (nSPS) is 38.9. The predicted molar refractivity (Wildman–Crippen MR) is 55.5 cm³/mol. The Balaban J connectivity index is 2.80. The van der Waals surface area contributed by atoms with Crippen LogP contribution in [0.1, 0.15) is 26.7 Å². The minimum atomic E-state index is -3.90. The molecule has 14 heavy (non-hydrogen) atoms. The van der Waals surface area contributed by atoms with Gasteiger partial charge in [-0.05, 0) is 36.6 Å². The molecule has 84 valence electrons. The summed E-state index contributed by atoms with van der Waals surface area (Å²) in [5.41, 5.74) is 5.23. The molecule has 0 saturated heterocycles. The average molecular weight is 221 g/mol. The monoisotopic (exact) mass is 221 g/mol. The molecule has 0 aromatic heterocycles. The lowest BCUT2D eigenvalue weighted by atomic mass is 9.87. The van der Waals surface area contributed by atoms with Crippen LogP contribution in [0.2, 0.25) is 0 Å². The van der Waals surface area contributed by atoms with Gasteiger partial charge in [-0.15, -0.1) is 0 Å². The maximum Gasteiger partial charge on any atom is 0.265 e. The van der Waals surface area contributed by atoms with Crippen LogP contribution >= 0.6 is 0 Å². The average Bonchev–Trinajstić information content (AvgIpc) is 2.25. The highest BCUT2D eigenvalue weighted by Gasteiger charge is 2.43. The Bertz CT molecular complexity index is 289. The van der Waals surface area contributed by atoms with Crippen molar-refractivity contribution >= 4 is 10.1 Å². The summed E-state index contributed by atoms with van der Waals surface area (Å²) in [5, 5.41) is 0. The Morgan fingerprint density at radius 1 is 1.36 bits per heavy atom. The Hall–Kier alpha value is -0.130. The summed E-state index contributed by atoms with van der Waals surface area (Å²) in [4.78, 5) is 0. The van der Waals surface area contributed by atoms with E-state index in [0.29, 0.717) is 18.4 Å². The molecule has 1 aliphatic carbocycles. The predicted octanol–water partition coefficient (Wildman–Crippen LogP) is 0.885. The van der Waals surface area contributed by atoms with E-state index in [1.54, 1.807) is 0 Å². The minimum absolute atomic E-state index is 0.189. The van der Waals surface area contributed by atoms with Gasteiger partial charge in [-0.3, -0.25) is 4.55 Å². The second-order valence-corrected chi connectivity index (χ2v) is 6.25. The van der Waals surface area contributed by atoms with Crippen molar-refractivity contribution in [3.63, 3.8) is 0 Å². The Morgan fingerprint density at radius 2 is 1.79 bits per heavy atom. The highest BCUT2D eigenvalue weighted by molar-refractivity contribution is 7.85. The van der Waals surface area contributed by atoms with Gasteiger partial charge in [0.1, 0.15) is 0 Å². The fourth-order valence-corrected chi connectivity index (χ4v) is 3.71. The highest BCUT2D eigenvalue weighted by atomic mass is 32.2. The van der Waals surface area contributed by atoms with E-state index < -0.39 is 15.5 Å². The summed E-state index contributed by atoms with van der Waals surface area (Å²) in [5.74, 6) is 0.783. The van der Waals surface area contributed by atoms with Gasteiger partial charge in [-0.1, -0.05) is 13.8 Å². The van der Waals surface area contributed by atoms with Crippen molar-refractivity contribution in [1.29, 1.82) is 0 Å². The first-order valence-corrected chi connectivity index (χ1v) is 6.54. The number of rotatable bonds is 3. The van der Waals surface area contributed by atoms with Crippen molar-refractivity contribution in [3.05, 3.63) is 0 Å². The molecule has 0 radical (unpaired) electrons. The zero-order valence-corrected chi connectivity index (χ0v) is 9.55. The maximum atomic E-state index is 10.9. The molecule has 0 unspecified atom stereocenters. The topological polar surface area (TPSA) is 80.4 Å². The molecule has 0 amide bonds. The number of nitrogens with two attached hydrogens (primary N) is 1. The molecule has 1 fully saturated rings. The summed E-state index contributed by atoms with van der Waals surface area (Å²) in [6, 6.07) is 0. The van der Waals surface area contributed by atoms with Gasteiger partial charge in [0, 0.05) is 0 Å². The Labute approximate surface area is 85.6 Å². The van der Waals surface area contributed by atoms with Crippen molar-refractivity contribution in [2.45, 2.75) is 26.7 Å². The molecule has 5 heteroatoms. The van der Waals surface area contributed by atoms with Gasteiger partial charge in [0.2, 0.25) is 0 Å². The van der Waals surface area contributed by atoms with Crippen LogP contribution in [-0.4, -0.2) is 25.3 Å². The lowest BCUT2D eigenvalue weighted by Gasteiger charge is -2.25. The Morgan fingerprint density at radius 3 is 2.07 bits per heavy atom. The van der Waals surface area contributed by atoms with Crippen LogP contribution in [0.15, 0.2) is 0 Å². The van der Waals surface area contributed by atoms with Crippen molar-refractivity contribution in [1.82, 2.24) is 0 Å². The van der Waals surface area contributed by atoms with E-state index in [2.05, 4.69) is 13.8 Å². The van der Waals surface area contributed by atoms with Crippen LogP contribution in [0.25, 0.3) is 0 Å². The molecule has 0 aliphatic heterocycles. The molecule has 0 aromatic rings. The minimum Gasteiger partial charge on any atom is -0.330 e. The van der Waals surface area contributed by atoms with Gasteiger partial charge in [-0.2, -0.15) is 8.42 Å². The third-order valence-corrected chi connectivity index (χ3v) is 4.38. The van der Waals surface area contributed by atoms with Gasteiger partial charge < -0.3 is 5.73 Å². The van der Waals surface area contributed by atoms with Crippen LogP contribution < -0.4 is 5.73 Å². The summed E-state index contributed by atoms with van der Waals surface area (Å²) in [7, 11) is -3.90. The second kappa shape index (κ2) is 3.79. The molecule has 4 nitrogen and oxygen atoms in total. The SMILES string of the molecule is C[C@@H]1C[C@](CN)(CS(=O)(=O)O)C[C@@H]1C. The number of hydrogen-bond acceptors (Lipinski definition) is 3. The molecule has 0 spiro atoms. The van der Waals surface area contributed by atoms with Crippen LogP contribution in [0.5, 0.6) is 0 Å². The lowest BCUT2D eigenvalue weighted by molar-refractivity contribution is 0.324. The van der Waals surface area contributed by atoms with Crippen LogP contribution in [0.3, 0.4) is 0 Å². The van der Waals surface area contributed by atoms with E-state index in [0.717, 1.165) is 12.8 Å². The van der Waals surface area contributed by atoms with E-state index in [4.69, 9.17) is 10.3 Å². The molecule has 3 N–H and O–H groups in total. The van der Waals surface area contributed by atoms with Gasteiger partial charge in [0.05, 0.1) is 5.75 Å². The molecule has 3 atom stereocenters. The van der Waals surface area contributed by atoms with Crippen LogP contribution in [0, 0.1) is 17.3 Å². The second-order valence-electron chi connectivity index (χ2n) is 4.79. The molecule has 0 bridgehead atoms. The fraction of sp³-hybridized carbons (Fsp3) is 1.00. The summed E-state index contributed by atoms with van der Waals surface area (Å²) in [6.45, 7) is 4.54. The van der Waals surface area contributed by atoms with E-state index >= 15 is 0 Å². The first kappa shape index (κ1) is 11.9. The van der Waals surface area contributed by atoms with Crippen LogP contribution in [-0.2, 0) is 10.1 Å². The largest absolute Gasteiger partial charge is 0.330 e.